The van der Waals surface area contributed by atoms with Crippen molar-refractivity contribution < 1.29 is 14.4 Å². The fraction of sp³-hybridized carbons (Fsp3) is 0.400. The third-order valence-electron chi connectivity index (χ3n) is 4.93. The molecular weight excluding hydrogens is 364 g/mol. The maximum Gasteiger partial charge on any atom is 0.282 e. The van der Waals surface area contributed by atoms with Crippen molar-refractivity contribution in [2.75, 3.05) is 43.0 Å². The Morgan fingerprint density at radius 3 is 2.74 bits per heavy atom. The Kier molecular flexibility index (Phi) is 6.53. The zero-order valence-electron chi connectivity index (χ0n) is 15.7. The van der Waals surface area contributed by atoms with Crippen LogP contribution in [0.5, 0.6) is 5.75 Å². The molecule has 1 amide bonds. The van der Waals surface area contributed by atoms with Gasteiger partial charge in [0.05, 0.1) is 44.2 Å². The van der Waals surface area contributed by atoms with E-state index < -0.39 is 0 Å². The lowest BCUT2D eigenvalue weighted by atomic mass is 10.2. The summed E-state index contributed by atoms with van der Waals surface area (Å²) in [4.78, 5) is 20.2. The van der Waals surface area contributed by atoms with Gasteiger partial charge in [0.15, 0.2) is 11.2 Å². The van der Waals surface area contributed by atoms with Gasteiger partial charge in [-0.15, -0.1) is 0 Å². The minimum Gasteiger partial charge on any atom is -0.492 e. The van der Waals surface area contributed by atoms with Crippen LogP contribution in [0, 0.1) is 0 Å². The Morgan fingerprint density at radius 2 is 2.04 bits per heavy atom. The highest BCUT2D eigenvalue weighted by Gasteiger charge is 2.30. The monoisotopic (exact) mass is 389 g/mol. The predicted molar refractivity (Wildman–Crippen MR) is 108 cm³/mol. The van der Waals surface area contributed by atoms with Gasteiger partial charge in [-0.1, -0.05) is 23.7 Å². The molecule has 1 fully saturated rings. The van der Waals surface area contributed by atoms with Gasteiger partial charge in [0.25, 0.3) is 5.91 Å². The second kappa shape index (κ2) is 9.06. The highest BCUT2D eigenvalue weighted by Crippen LogP contribution is 2.27. The molecule has 0 bridgehead atoms. The number of carbonyl (C=O) groups excluding carboxylic acids is 1. The van der Waals surface area contributed by atoms with Gasteiger partial charge >= 0.3 is 0 Å². The normalized spacial score (nSPS) is 16.0. The van der Waals surface area contributed by atoms with Gasteiger partial charge in [0.2, 0.25) is 0 Å². The van der Waals surface area contributed by atoms with E-state index in [9.17, 15) is 4.79 Å². The standard InChI is InChI=1S/C20H25ClN4O2/c1-3-27-18-9-5-4-8-17(18)25-13-11-24(12-14-25)15(2)20(26)23-16-7-6-10-22-19(16)21/h4-10,15H,3,11-14H2,1-2H3,(H,23,26)/p+1/t15-/m1/s1. The Balaban J connectivity index is 1.59. The molecular formula is C20H26ClN4O2+. The molecule has 0 saturated carbocycles. The fourth-order valence-corrected chi connectivity index (χ4v) is 3.54. The number of hydrogen-bond acceptors (Lipinski definition) is 4. The van der Waals surface area contributed by atoms with Gasteiger partial charge in [-0.2, -0.15) is 0 Å². The number of halogens is 1. The van der Waals surface area contributed by atoms with Crippen molar-refractivity contribution in [1.29, 1.82) is 0 Å². The van der Waals surface area contributed by atoms with Gasteiger partial charge < -0.3 is 19.9 Å². The van der Waals surface area contributed by atoms with Crippen molar-refractivity contribution in [3.05, 3.63) is 47.7 Å². The Morgan fingerprint density at radius 1 is 1.30 bits per heavy atom. The smallest absolute Gasteiger partial charge is 0.282 e. The molecule has 1 aromatic carbocycles. The van der Waals surface area contributed by atoms with E-state index in [0.29, 0.717) is 17.4 Å². The van der Waals surface area contributed by atoms with E-state index in [2.05, 4.69) is 21.3 Å². The molecule has 0 aliphatic carbocycles. The maximum atomic E-state index is 12.6. The molecule has 144 valence electrons. The topological polar surface area (TPSA) is 58.9 Å². The molecule has 27 heavy (non-hydrogen) atoms. The zero-order chi connectivity index (χ0) is 19.2. The van der Waals surface area contributed by atoms with E-state index in [1.165, 1.54) is 4.90 Å². The average Bonchev–Trinajstić information content (AvgIpc) is 2.70. The number of piperazine rings is 1. The first-order valence-electron chi connectivity index (χ1n) is 9.33. The second-order valence-corrected chi connectivity index (χ2v) is 6.96. The third kappa shape index (κ3) is 4.70. The van der Waals surface area contributed by atoms with Crippen molar-refractivity contribution in [3.63, 3.8) is 0 Å². The lowest BCUT2D eigenvalue weighted by Crippen LogP contribution is -3.19. The Bertz CT molecular complexity index is 778. The van der Waals surface area contributed by atoms with Crippen molar-refractivity contribution in [2.24, 2.45) is 0 Å². The van der Waals surface area contributed by atoms with Crippen LogP contribution in [-0.2, 0) is 4.79 Å². The molecule has 1 saturated heterocycles. The molecule has 0 spiro atoms. The largest absolute Gasteiger partial charge is 0.492 e. The Labute approximate surface area is 165 Å². The number of pyridine rings is 1. The number of quaternary nitrogens is 1. The number of nitrogens with one attached hydrogen (secondary N) is 2. The van der Waals surface area contributed by atoms with E-state index >= 15 is 0 Å². The lowest BCUT2D eigenvalue weighted by Gasteiger charge is -2.36. The van der Waals surface area contributed by atoms with Crippen LogP contribution in [0.1, 0.15) is 13.8 Å². The molecule has 7 heteroatoms. The van der Waals surface area contributed by atoms with Crippen LogP contribution in [0.15, 0.2) is 42.6 Å². The number of benzene rings is 1. The van der Waals surface area contributed by atoms with Crippen molar-refractivity contribution in [3.8, 4) is 5.75 Å². The highest BCUT2D eigenvalue weighted by molar-refractivity contribution is 6.32. The summed E-state index contributed by atoms with van der Waals surface area (Å²) < 4.78 is 5.75. The lowest BCUT2D eigenvalue weighted by molar-refractivity contribution is -0.914. The summed E-state index contributed by atoms with van der Waals surface area (Å²) in [5.74, 6) is 0.878. The number of amides is 1. The number of hydrogen-bond donors (Lipinski definition) is 2. The molecule has 1 aromatic heterocycles. The summed E-state index contributed by atoms with van der Waals surface area (Å²) in [6.45, 7) is 8.13. The van der Waals surface area contributed by atoms with Crippen molar-refractivity contribution in [2.45, 2.75) is 19.9 Å². The van der Waals surface area contributed by atoms with Gasteiger partial charge in [0, 0.05) is 6.20 Å². The SMILES string of the molecule is CCOc1ccccc1N1CC[NH+]([C@H](C)C(=O)Nc2cccnc2Cl)CC1. The minimum atomic E-state index is -0.162. The molecule has 1 aliphatic heterocycles. The first-order chi connectivity index (χ1) is 13.1. The molecule has 1 aliphatic rings. The molecule has 3 rings (SSSR count). The van der Waals surface area contributed by atoms with Gasteiger partial charge in [-0.05, 0) is 38.1 Å². The van der Waals surface area contributed by atoms with E-state index in [1.54, 1.807) is 18.3 Å². The third-order valence-corrected chi connectivity index (χ3v) is 5.24. The summed E-state index contributed by atoms with van der Waals surface area (Å²) >= 11 is 6.04. The Hall–Kier alpha value is -2.31. The summed E-state index contributed by atoms with van der Waals surface area (Å²) in [6, 6.07) is 11.5. The molecule has 0 radical (unpaired) electrons. The molecule has 2 N–H and O–H groups in total. The fourth-order valence-electron chi connectivity index (χ4n) is 3.37. The summed E-state index contributed by atoms with van der Waals surface area (Å²) in [6.07, 6.45) is 1.60. The molecule has 0 unspecified atom stereocenters. The molecule has 2 heterocycles. The van der Waals surface area contributed by atoms with Crippen LogP contribution in [0.2, 0.25) is 5.15 Å². The van der Waals surface area contributed by atoms with Crippen molar-refractivity contribution >= 4 is 28.9 Å². The zero-order valence-corrected chi connectivity index (χ0v) is 16.5. The highest BCUT2D eigenvalue weighted by atomic mass is 35.5. The van der Waals surface area contributed by atoms with Gasteiger partial charge in [0.1, 0.15) is 5.75 Å². The summed E-state index contributed by atoms with van der Waals surface area (Å²) in [5.41, 5.74) is 1.68. The molecule has 2 aromatic rings. The molecule has 6 nitrogen and oxygen atoms in total. The number of ether oxygens (including phenoxy) is 1. The van der Waals surface area contributed by atoms with Crippen molar-refractivity contribution in [1.82, 2.24) is 4.98 Å². The van der Waals surface area contributed by atoms with E-state index in [1.807, 2.05) is 32.0 Å². The second-order valence-electron chi connectivity index (χ2n) is 6.60. The van der Waals surface area contributed by atoms with E-state index in [0.717, 1.165) is 37.6 Å². The number of rotatable bonds is 6. The average molecular weight is 390 g/mol. The number of anilines is 2. The maximum absolute atomic E-state index is 12.6. The van der Waals surface area contributed by atoms with Gasteiger partial charge in [-0.3, -0.25) is 4.79 Å². The van der Waals surface area contributed by atoms with Crippen LogP contribution in [0.25, 0.3) is 0 Å². The van der Waals surface area contributed by atoms with E-state index in [-0.39, 0.29) is 11.9 Å². The summed E-state index contributed by atoms with van der Waals surface area (Å²) in [7, 11) is 0. The quantitative estimate of drug-likeness (QED) is 0.740. The number of para-hydroxylation sites is 2. The van der Waals surface area contributed by atoms with Crippen LogP contribution in [0.4, 0.5) is 11.4 Å². The number of nitrogens with zero attached hydrogens (tertiary/aromatic N) is 2. The first-order valence-corrected chi connectivity index (χ1v) is 9.70. The summed E-state index contributed by atoms with van der Waals surface area (Å²) in [5, 5.41) is 3.20. The van der Waals surface area contributed by atoms with Gasteiger partial charge in [-0.25, -0.2) is 4.98 Å². The number of aromatic nitrogens is 1. The van der Waals surface area contributed by atoms with Crippen LogP contribution >= 0.6 is 11.6 Å². The first kappa shape index (κ1) is 19.5. The predicted octanol–water partition coefficient (Wildman–Crippen LogP) is 1.87. The minimum absolute atomic E-state index is 0.0388. The number of carbonyl (C=O) groups is 1. The molecule has 1 atom stereocenters. The van der Waals surface area contributed by atoms with Crippen LogP contribution < -0.4 is 19.9 Å². The van der Waals surface area contributed by atoms with Crippen LogP contribution in [0.3, 0.4) is 0 Å². The van der Waals surface area contributed by atoms with Crippen LogP contribution in [-0.4, -0.2) is 49.7 Å². The van der Waals surface area contributed by atoms with E-state index in [4.69, 9.17) is 16.3 Å².